The molecule has 0 radical (unpaired) electrons. The lowest BCUT2D eigenvalue weighted by Crippen LogP contribution is -2.39. The van der Waals surface area contributed by atoms with Crippen LogP contribution in [0.1, 0.15) is 37.0 Å². The Bertz CT molecular complexity index is 836. The van der Waals surface area contributed by atoms with Crippen molar-refractivity contribution in [1.29, 1.82) is 0 Å². The van der Waals surface area contributed by atoms with Crippen molar-refractivity contribution in [1.82, 2.24) is 15.3 Å². The third-order valence-corrected chi connectivity index (χ3v) is 4.88. The monoisotopic (exact) mass is 401 g/mol. The van der Waals surface area contributed by atoms with Gasteiger partial charge in [0.05, 0.1) is 17.4 Å². The minimum atomic E-state index is -0.237. The summed E-state index contributed by atoms with van der Waals surface area (Å²) in [6, 6.07) is 4.89. The molecule has 2 aromatic rings. The van der Waals surface area contributed by atoms with Gasteiger partial charge in [-0.1, -0.05) is 11.6 Å². The Morgan fingerprint density at radius 1 is 1.21 bits per heavy atom. The molecule has 1 aliphatic heterocycles. The number of piperidine rings is 1. The molecule has 2 amide bonds. The minimum absolute atomic E-state index is 0.00265. The highest BCUT2D eigenvalue weighted by Gasteiger charge is 2.26. The highest BCUT2D eigenvalue weighted by atomic mass is 35.5. The lowest BCUT2D eigenvalue weighted by atomic mass is 9.95. The first-order valence-electron chi connectivity index (χ1n) is 9.36. The lowest BCUT2D eigenvalue weighted by molar-refractivity contribution is -0.120. The largest absolute Gasteiger partial charge is 0.355 e. The average Bonchev–Trinajstić information content (AvgIpc) is 2.68. The summed E-state index contributed by atoms with van der Waals surface area (Å²) >= 11 is 6.08. The minimum Gasteiger partial charge on any atom is -0.355 e. The average molecular weight is 402 g/mol. The summed E-state index contributed by atoms with van der Waals surface area (Å²) in [7, 11) is 0. The molecule has 1 saturated heterocycles. The molecule has 0 aliphatic carbocycles. The van der Waals surface area contributed by atoms with E-state index in [1.54, 1.807) is 36.8 Å². The molecular weight excluding hydrogens is 378 g/mol. The number of anilines is 2. The quantitative estimate of drug-likeness (QED) is 0.803. The molecule has 0 unspecified atom stereocenters. The summed E-state index contributed by atoms with van der Waals surface area (Å²) in [4.78, 5) is 35.7. The van der Waals surface area contributed by atoms with Gasteiger partial charge in [0.2, 0.25) is 5.91 Å². The SMILES string of the molecule is CC(C)NC(=O)c1ccc(Cl)cc1NC(=O)C1CCN(c2cnccn2)CC1. The Hall–Kier alpha value is -2.67. The first kappa shape index (κ1) is 20.1. The molecule has 7 nitrogen and oxygen atoms in total. The summed E-state index contributed by atoms with van der Waals surface area (Å²) < 4.78 is 0. The molecule has 2 heterocycles. The summed E-state index contributed by atoms with van der Waals surface area (Å²) in [5.74, 6) is 0.357. The second-order valence-corrected chi connectivity index (χ2v) is 7.57. The maximum absolute atomic E-state index is 12.8. The predicted octanol–water partition coefficient (Wildman–Crippen LogP) is 3.12. The molecule has 3 rings (SSSR count). The van der Waals surface area contributed by atoms with Crippen molar-refractivity contribution in [2.45, 2.75) is 32.7 Å². The number of amides is 2. The van der Waals surface area contributed by atoms with Gasteiger partial charge in [0.1, 0.15) is 5.82 Å². The van der Waals surface area contributed by atoms with Crippen LogP contribution in [0.3, 0.4) is 0 Å². The molecule has 1 aromatic heterocycles. The fourth-order valence-corrected chi connectivity index (χ4v) is 3.39. The highest BCUT2D eigenvalue weighted by molar-refractivity contribution is 6.31. The first-order valence-corrected chi connectivity index (χ1v) is 9.74. The van der Waals surface area contributed by atoms with E-state index in [1.807, 2.05) is 13.8 Å². The molecule has 0 spiro atoms. The van der Waals surface area contributed by atoms with E-state index in [-0.39, 0.29) is 23.8 Å². The normalized spacial score (nSPS) is 14.8. The molecule has 0 atom stereocenters. The second-order valence-electron chi connectivity index (χ2n) is 7.13. The summed E-state index contributed by atoms with van der Waals surface area (Å²) in [5, 5.41) is 6.21. The standard InChI is InChI=1S/C20H24ClN5O2/c1-13(2)24-20(28)16-4-3-15(21)11-17(16)25-19(27)14-5-9-26(10-6-14)18-12-22-7-8-23-18/h3-4,7-8,11-14H,5-6,9-10H2,1-2H3,(H,24,28)(H,25,27). The number of carbonyl (C=O) groups excluding carboxylic acids is 2. The first-order chi connectivity index (χ1) is 13.4. The van der Waals surface area contributed by atoms with E-state index in [0.717, 1.165) is 18.9 Å². The fourth-order valence-electron chi connectivity index (χ4n) is 3.22. The number of hydrogen-bond acceptors (Lipinski definition) is 5. The van der Waals surface area contributed by atoms with Crippen molar-refractivity contribution in [3.63, 3.8) is 0 Å². The summed E-state index contributed by atoms with van der Waals surface area (Å²) in [6.45, 7) is 5.23. The van der Waals surface area contributed by atoms with E-state index in [0.29, 0.717) is 29.1 Å². The van der Waals surface area contributed by atoms with Gasteiger partial charge in [0, 0.05) is 42.5 Å². The van der Waals surface area contributed by atoms with E-state index in [2.05, 4.69) is 25.5 Å². The molecule has 1 aliphatic rings. The van der Waals surface area contributed by atoms with Gasteiger partial charge in [-0.15, -0.1) is 0 Å². The predicted molar refractivity (Wildman–Crippen MR) is 110 cm³/mol. The van der Waals surface area contributed by atoms with Crippen LogP contribution < -0.4 is 15.5 Å². The zero-order valence-electron chi connectivity index (χ0n) is 16.0. The smallest absolute Gasteiger partial charge is 0.253 e. The van der Waals surface area contributed by atoms with Gasteiger partial charge in [-0.25, -0.2) is 4.98 Å². The van der Waals surface area contributed by atoms with Gasteiger partial charge in [-0.3, -0.25) is 14.6 Å². The van der Waals surface area contributed by atoms with Gasteiger partial charge < -0.3 is 15.5 Å². The van der Waals surface area contributed by atoms with E-state index < -0.39 is 0 Å². The topological polar surface area (TPSA) is 87.2 Å². The van der Waals surface area contributed by atoms with Crippen molar-refractivity contribution in [3.8, 4) is 0 Å². The summed E-state index contributed by atoms with van der Waals surface area (Å²) in [5.41, 5.74) is 0.843. The summed E-state index contributed by atoms with van der Waals surface area (Å²) in [6.07, 6.45) is 6.44. The van der Waals surface area contributed by atoms with Crippen LogP contribution in [0.4, 0.5) is 11.5 Å². The zero-order chi connectivity index (χ0) is 20.1. The Morgan fingerprint density at radius 2 is 1.96 bits per heavy atom. The number of nitrogens with one attached hydrogen (secondary N) is 2. The molecule has 148 valence electrons. The Labute approximate surface area is 169 Å². The van der Waals surface area contributed by atoms with E-state index >= 15 is 0 Å². The Kier molecular flexibility index (Phi) is 6.46. The number of carbonyl (C=O) groups is 2. The molecular formula is C20H24ClN5O2. The van der Waals surface area contributed by atoms with Crippen LogP contribution in [-0.4, -0.2) is 40.9 Å². The van der Waals surface area contributed by atoms with Gasteiger partial charge >= 0.3 is 0 Å². The second kappa shape index (κ2) is 9.01. The van der Waals surface area contributed by atoms with Crippen molar-refractivity contribution >= 4 is 34.9 Å². The lowest BCUT2D eigenvalue weighted by Gasteiger charge is -2.32. The van der Waals surface area contributed by atoms with Crippen LogP contribution in [0.5, 0.6) is 0 Å². The number of aromatic nitrogens is 2. The Morgan fingerprint density at radius 3 is 2.61 bits per heavy atom. The number of hydrogen-bond donors (Lipinski definition) is 2. The zero-order valence-corrected chi connectivity index (χ0v) is 16.7. The Balaban J connectivity index is 1.65. The number of benzene rings is 1. The van der Waals surface area contributed by atoms with E-state index in [4.69, 9.17) is 11.6 Å². The van der Waals surface area contributed by atoms with Crippen molar-refractivity contribution in [2.24, 2.45) is 5.92 Å². The number of halogens is 1. The molecule has 1 fully saturated rings. The van der Waals surface area contributed by atoms with Gasteiger partial charge in [-0.2, -0.15) is 0 Å². The van der Waals surface area contributed by atoms with Crippen molar-refractivity contribution in [2.75, 3.05) is 23.3 Å². The van der Waals surface area contributed by atoms with Crippen LogP contribution >= 0.6 is 11.6 Å². The molecule has 0 saturated carbocycles. The number of nitrogens with zero attached hydrogens (tertiary/aromatic N) is 3. The van der Waals surface area contributed by atoms with Crippen molar-refractivity contribution < 1.29 is 9.59 Å². The van der Waals surface area contributed by atoms with Crippen molar-refractivity contribution in [3.05, 3.63) is 47.4 Å². The molecule has 28 heavy (non-hydrogen) atoms. The molecule has 1 aromatic carbocycles. The maximum Gasteiger partial charge on any atom is 0.253 e. The van der Waals surface area contributed by atoms with Crippen LogP contribution in [0.25, 0.3) is 0 Å². The molecule has 0 bridgehead atoms. The van der Waals surface area contributed by atoms with Gasteiger partial charge in [-0.05, 0) is 44.9 Å². The molecule has 2 N–H and O–H groups in total. The van der Waals surface area contributed by atoms with Gasteiger partial charge in [0.25, 0.3) is 5.91 Å². The van der Waals surface area contributed by atoms with Crippen LogP contribution in [-0.2, 0) is 4.79 Å². The number of rotatable bonds is 5. The van der Waals surface area contributed by atoms with E-state index in [1.165, 1.54) is 0 Å². The van der Waals surface area contributed by atoms with Crippen LogP contribution in [0, 0.1) is 5.92 Å². The third-order valence-electron chi connectivity index (χ3n) is 4.64. The van der Waals surface area contributed by atoms with E-state index in [9.17, 15) is 9.59 Å². The van der Waals surface area contributed by atoms with Gasteiger partial charge in [0.15, 0.2) is 0 Å². The van der Waals surface area contributed by atoms with Crippen LogP contribution in [0.15, 0.2) is 36.8 Å². The van der Waals surface area contributed by atoms with Crippen LogP contribution in [0.2, 0.25) is 5.02 Å². The maximum atomic E-state index is 12.8. The fraction of sp³-hybridized carbons (Fsp3) is 0.400. The third kappa shape index (κ3) is 4.98. The highest BCUT2D eigenvalue weighted by Crippen LogP contribution is 2.25. The molecule has 8 heteroatoms.